The topological polar surface area (TPSA) is 75.2 Å². The molecule has 1 fully saturated rings. The van der Waals surface area contributed by atoms with Crippen molar-refractivity contribution in [1.82, 2.24) is 14.5 Å². The van der Waals surface area contributed by atoms with Crippen LogP contribution in [0.5, 0.6) is 0 Å². The molecule has 24 heavy (non-hydrogen) atoms. The molecule has 1 aliphatic heterocycles. The van der Waals surface area contributed by atoms with Crippen LogP contribution >= 0.6 is 11.6 Å². The number of sulfonamides is 1. The van der Waals surface area contributed by atoms with E-state index < -0.39 is 15.8 Å². The first-order valence-corrected chi connectivity index (χ1v) is 9.28. The molecule has 2 aromatic rings. The fourth-order valence-electron chi connectivity index (χ4n) is 2.65. The van der Waals surface area contributed by atoms with Gasteiger partial charge in [0.1, 0.15) is 16.5 Å². The molecule has 0 radical (unpaired) electrons. The number of benzene rings is 1. The molecule has 6 nitrogen and oxygen atoms in total. The minimum atomic E-state index is -3.86. The second-order valence-electron chi connectivity index (χ2n) is 5.51. The van der Waals surface area contributed by atoms with Crippen molar-refractivity contribution in [2.45, 2.75) is 23.8 Å². The first-order valence-electron chi connectivity index (χ1n) is 7.46. The molecule has 0 bridgehead atoms. The van der Waals surface area contributed by atoms with E-state index in [2.05, 4.69) is 15.5 Å². The quantitative estimate of drug-likeness (QED) is 0.895. The fourth-order valence-corrected chi connectivity index (χ4v) is 4.33. The highest BCUT2D eigenvalue weighted by atomic mass is 35.5. The van der Waals surface area contributed by atoms with Crippen molar-refractivity contribution in [2.24, 2.45) is 0 Å². The Hall–Kier alpha value is -1.77. The zero-order valence-electron chi connectivity index (χ0n) is 12.7. The number of nitrogens with one attached hydrogen (secondary N) is 1. The van der Waals surface area contributed by atoms with E-state index >= 15 is 0 Å². The summed E-state index contributed by atoms with van der Waals surface area (Å²) in [6.07, 6.45) is 2.79. The molecule has 1 aromatic heterocycles. The molecule has 0 saturated carbocycles. The Morgan fingerprint density at radius 3 is 2.62 bits per heavy atom. The summed E-state index contributed by atoms with van der Waals surface area (Å²) in [4.78, 5) is -0.341. The summed E-state index contributed by atoms with van der Waals surface area (Å²) in [5.41, 5.74) is 0. The van der Waals surface area contributed by atoms with E-state index in [1.807, 2.05) is 0 Å². The number of piperidine rings is 1. The lowest BCUT2D eigenvalue weighted by Crippen LogP contribution is -2.42. The third-order valence-electron chi connectivity index (χ3n) is 3.89. The second-order valence-corrected chi connectivity index (χ2v) is 7.85. The molecule has 1 saturated heterocycles. The number of hydrogen-bond acceptors (Lipinski definition) is 5. The molecule has 128 valence electrons. The zero-order valence-corrected chi connectivity index (χ0v) is 14.3. The Morgan fingerprint density at radius 1 is 1.25 bits per heavy atom. The van der Waals surface area contributed by atoms with Gasteiger partial charge in [0.15, 0.2) is 0 Å². The lowest BCUT2D eigenvalue weighted by Gasteiger charge is -2.31. The molecule has 0 atom stereocenters. The smallest absolute Gasteiger partial charge is 0.245 e. The molecule has 3 rings (SSSR count). The third kappa shape index (κ3) is 3.66. The summed E-state index contributed by atoms with van der Waals surface area (Å²) in [5.74, 6) is -0.176. The SMILES string of the molecule is O=S(=O)(c1ccc(Cl)cc1F)N1CCC(Nc2cccnn2)CC1. The number of aromatic nitrogens is 2. The molecule has 0 aliphatic carbocycles. The van der Waals surface area contributed by atoms with E-state index in [9.17, 15) is 12.8 Å². The van der Waals surface area contributed by atoms with Crippen LogP contribution in [0.1, 0.15) is 12.8 Å². The number of hydrogen-bond donors (Lipinski definition) is 1. The summed E-state index contributed by atoms with van der Waals surface area (Å²) in [7, 11) is -3.86. The first-order chi connectivity index (χ1) is 11.5. The summed E-state index contributed by atoms with van der Waals surface area (Å²) >= 11 is 5.68. The van der Waals surface area contributed by atoms with Gasteiger partial charge >= 0.3 is 0 Å². The lowest BCUT2D eigenvalue weighted by molar-refractivity contribution is 0.328. The van der Waals surface area contributed by atoms with Crippen molar-refractivity contribution in [1.29, 1.82) is 0 Å². The number of halogens is 2. The summed E-state index contributed by atoms with van der Waals surface area (Å²) < 4.78 is 40.4. The van der Waals surface area contributed by atoms with E-state index in [4.69, 9.17) is 11.6 Å². The van der Waals surface area contributed by atoms with Gasteiger partial charge in [-0.3, -0.25) is 0 Å². The molecule has 1 N–H and O–H groups in total. The molecule has 0 spiro atoms. The van der Waals surface area contributed by atoms with E-state index in [0.717, 1.165) is 6.07 Å². The molecule has 1 aliphatic rings. The van der Waals surface area contributed by atoms with Gasteiger partial charge in [-0.15, -0.1) is 5.10 Å². The maximum Gasteiger partial charge on any atom is 0.245 e. The van der Waals surface area contributed by atoms with E-state index in [0.29, 0.717) is 31.7 Å². The van der Waals surface area contributed by atoms with Crippen molar-refractivity contribution in [2.75, 3.05) is 18.4 Å². The molecular formula is C15H16ClFN4O2S. The van der Waals surface area contributed by atoms with E-state index in [1.165, 1.54) is 16.4 Å². The van der Waals surface area contributed by atoms with Gasteiger partial charge in [-0.05, 0) is 43.2 Å². The van der Waals surface area contributed by atoms with Gasteiger partial charge in [-0.25, -0.2) is 12.8 Å². The van der Waals surface area contributed by atoms with Crippen LogP contribution in [0.4, 0.5) is 10.2 Å². The second kappa shape index (κ2) is 7.00. The average Bonchev–Trinajstić information content (AvgIpc) is 2.56. The molecule has 1 aromatic carbocycles. The maximum atomic E-state index is 13.9. The van der Waals surface area contributed by atoms with Crippen LogP contribution in [0, 0.1) is 5.82 Å². The number of anilines is 1. The Balaban J connectivity index is 1.67. The Kier molecular flexibility index (Phi) is 4.98. The van der Waals surface area contributed by atoms with Crippen molar-refractivity contribution in [3.63, 3.8) is 0 Å². The predicted molar refractivity (Wildman–Crippen MR) is 88.8 cm³/mol. The highest BCUT2D eigenvalue weighted by Gasteiger charge is 2.31. The lowest BCUT2D eigenvalue weighted by atomic mass is 10.1. The van der Waals surface area contributed by atoms with Gasteiger partial charge in [-0.2, -0.15) is 9.40 Å². The zero-order chi connectivity index (χ0) is 17.2. The van der Waals surface area contributed by atoms with Gasteiger partial charge in [0.2, 0.25) is 10.0 Å². The fraction of sp³-hybridized carbons (Fsp3) is 0.333. The van der Waals surface area contributed by atoms with Crippen molar-refractivity contribution < 1.29 is 12.8 Å². The minimum absolute atomic E-state index is 0.100. The van der Waals surface area contributed by atoms with Crippen LogP contribution < -0.4 is 5.32 Å². The molecular weight excluding hydrogens is 355 g/mol. The largest absolute Gasteiger partial charge is 0.366 e. The van der Waals surface area contributed by atoms with Crippen LogP contribution in [0.25, 0.3) is 0 Å². The standard InChI is InChI=1S/C15H16ClFN4O2S/c16-11-3-4-14(13(17)10-11)24(22,23)21-8-5-12(6-9-21)19-15-2-1-7-18-20-15/h1-4,7,10,12H,5-6,8-9H2,(H,19,20). The van der Waals surface area contributed by atoms with Crippen LogP contribution in [0.3, 0.4) is 0 Å². The van der Waals surface area contributed by atoms with Crippen LogP contribution in [-0.2, 0) is 10.0 Å². The highest BCUT2D eigenvalue weighted by molar-refractivity contribution is 7.89. The highest BCUT2D eigenvalue weighted by Crippen LogP contribution is 2.25. The van der Waals surface area contributed by atoms with Crippen LogP contribution in [0.15, 0.2) is 41.4 Å². The summed E-state index contributed by atoms with van der Waals surface area (Å²) in [5, 5.41) is 11.1. The minimum Gasteiger partial charge on any atom is -0.366 e. The van der Waals surface area contributed by atoms with Gasteiger partial charge in [0, 0.05) is 30.4 Å². The maximum absolute atomic E-state index is 13.9. The van der Waals surface area contributed by atoms with E-state index in [-0.39, 0.29) is 16.0 Å². The number of rotatable bonds is 4. The van der Waals surface area contributed by atoms with Crippen molar-refractivity contribution in [3.05, 3.63) is 47.4 Å². The third-order valence-corrected chi connectivity index (χ3v) is 6.06. The Morgan fingerprint density at radius 2 is 2.00 bits per heavy atom. The van der Waals surface area contributed by atoms with Crippen LogP contribution in [0.2, 0.25) is 5.02 Å². The van der Waals surface area contributed by atoms with Gasteiger partial charge < -0.3 is 5.32 Å². The van der Waals surface area contributed by atoms with Crippen molar-refractivity contribution in [3.8, 4) is 0 Å². The monoisotopic (exact) mass is 370 g/mol. The van der Waals surface area contributed by atoms with E-state index in [1.54, 1.807) is 18.3 Å². The molecule has 9 heteroatoms. The molecule has 2 heterocycles. The predicted octanol–water partition coefficient (Wildman–Crippen LogP) is 2.53. The van der Waals surface area contributed by atoms with Crippen LogP contribution in [-0.4, -0.2) is 42.1 Å². The Labute approximate surface area is 144 Å². The molecule has 0 amide bonds. The number of nitrogens with zero attached hydrogens (tertiary/aromatic N) is 3. The van der Waals surface area contributed by atoms with Gasteiger partial charge in [-0.1, -0.05) is 11.6 Å². The summed E-state index contributed by atoms with van der Waals surface area (Å²) in [6.45, 7) is 0.616. The first kappa shape index (κ1) is 17.1. The van der Waals surface area contributed by atoms with Crippen molar-refractivity contribution >= 4 is 27.4 Å². The normalized spacial score (nSPS) is 16.9. The Bertz CT molecular complexity index is 811. The van der Waals surface area contributed by atoms with Gasteiger partial charge in [0.25, 0.3) is 0 Å². The average molecular weight is 371 g/mol. The van der Waals surface area contributed by atoms with Gasteiger partial charge in [0.05, 0.1) is 0 Å². The molecule has 0 unspecified atom stereocenters. The summed E-state index contributed by atoms with van der Waals surface area (Å²) in [6, 6.07) is 7.27.